The van der Waals surface area contributed by atoms with Crippen LogP contribution in [0.1, 0.15) is 0 Å². The van der Waals surface area contributed by atoms with Crippen molar-refractivity contribution in [1.82, 2.24) is 0 Å². The molecule has 0 aromatic rings. The van der Waals surface area contributed by atoms with Gasteiger partial charge in [-0.2, -0.15) is 8.42 Å². The zero-order valence-electron chi connectivity index (χ0n) is 5.32. The van der Waals surface area contributed by atoms with Crippen LogP contribution in [0.4, 0.5) is 0 Å². The van der Waals surface area contributed by atoms with Gasteiger partial charge in [-0.3, -0.25) is 4.55 Å². The van der Waals surface area contributed by atoms with E-state index in [2.05, 4.69) is 0 Å². The highest BCUT2D eigenvalue weighted by Gasteiger charge is 2.13. The van der Waals surface area contributed by atoms with Gasteiger partial charge >= 0.3 is 0 Å². The molecular weight excluding hydrogens is 168 g/mol. The Hall–Kier alpha value is -0.393. The third kappa shape index (κ3) is 1.79. The van der Waals surface area contributed by atoms with Crippen molar-refractivity contribution in [2.24, 2.45) is 0 Å². The summed E-state index contributed by atoms with van der Waals surface area (Å²) in [5.74, 6) is 0. The van der Waals surface area contributed by atoms with Gasteiger partial charge in [0, 0.05) is 4.53 Å². The highest BCUT2D eigenvalue weighted by atomic mass is 32.2. The normalized spacial score (nSPS) is 21.1. The molecule has 1 rings (SSSR count). The second-order valence-corrected chi connectivity index (χ2v) is 5.90. The zero-order chi connectivity index (χ0) is 7.61. The van der Waals surface area contributed by atoms with E-state index in [0.717, 1.165) is 6.04 Å². The van der Waals surface area contributed by atoms with E-state index in [-0.39, 0.29) is 4.53 Å². The molecule has 0 aromatic carbocycles. The van der Waals surface area contributed by atoms with E-state index >= 15 is 0 Å². The van der Waals surface area contributed by atoms with Gasteiger partial charge in [0.05, 0.1) is 9.52 Å². The molecule has 0 atom stereocenters. The molecule has 0 saturated heterocycles. The van der Waals surface area contributed by atoms with E-state index in [0.29, 0.717) is 0 Å². The van der Waals surface area contributed by atoms with Crippen LogP contribution in [-0.4, -0.2) is 22.5 Å². The van der Waals surface area contributed by atoms with E-state index in [4.69, 9.17) is 4.55 Å². The lowest BCUT2D eigenvalue weighted by molar-refractivity contribution is 0.493. The summed E-state index contributed by atoms with van der Waals surface area (Å²) in [4.78, 5) is 0. The van der Waals surface area contributed by atoms with Gasteiger partial charge in [0.2, 0.25) is 0 Å². The summed E-state index contributed by atoms with van der Waals surface area (Å²) in [7, 11) is -4.60. The molecule has 0 fully saturated rings. The Balaban J connectivity index is 2.93. The topological polar surface area (TPSA) is 54.4 Å². The van der Waals surface area contributed by atoms with Crippen LogP contribution in [0.3, 0.4) is 0 Å². The molecule has 5 heteroatoms. The molecular formula is C5H8O3SSi. The minimum Gasteiger partial charge on any atom is -0.282 e. The van der Waals surface area contributed by atoms with Crippen LogP contribution in [0.5, 0.6) is 0 Å². The highest BCUT2D eigenvalue weighted by Crippen LogP contribution is 2.08. The van der Waals surface area contributed by atoms with Gasteiger partial charge in [-0.05, 0) is 6.04 Å². The van der Waals surface area contributed by atoms with Crippen molar-refractivity contribution < 1.29 is 13.0 Å². The fraction of sp³-hybridized carbons (Fsp3) is 0.200. The van der Waals surface area contributed by atoms with E-state index in [9.17, 15) is 8.42 Å². The Morgan fingerprint density at radius 3 is 2.60 bits per heavy atom. The van der Waals surface area contributed by atoms with Crippen molar-refractivity contribution in [3.63, 3.8) is 0 Å². The van der Waals surface area contributed by atoms with Gasteiger partial charge in [-0.15, -0.1) is 0 Å². The molecule has 0 radical (unpaired) electrons. The zero-order valence-corrected chi connectivity index (χ0v) is 7.55. The van der Waals surface area contributed by atoms with Crippen LogP contribution in [0.2, 0.25) is 6.04 Å². The molecule has 0 spiro atoms. The summed E-state index contributed by atoms with van der Waals surface area (Å²) >= 11 is 0. The number of hydrogen-bond acceptors (Lipinski definition) is 2. The molecule has 1 aliphatic heterocycles. The van der Waals surface area contributed by atoms with Crippen molar-refractivity contribution in [3.05, 3.63) is 22.8 Å². The van der Waals surface area contributed by atoms with Gasteiger partial charge in [0.1, 0.15) is 0 Å². The third-order valence-corrected chi connectivity index (χ3v) is 5.16. The lowest BCUT2D eigenvalue weighted by Crippen LogP contribution is -2.09. The van der Waals surface area contributed by atoms with Crippen molar-refractivity contribution in [1.29, 1.82) is 0 Å². The first-order chi connectivity index (χ1) is 4.61. The van der Waals surface area contributed by atoms with Gasteiger partial charge < -0.3 is 0 Å². The molecule has 0 aromatic heterocycles. The molecule has 1 N–H and O–H groups in total. The van der Waals surface area contributed by atoms with Crippen molar-refractivity contribution >= 4 is 19.6 Å². The minimum atomic E-state index is -3.85. The summed E-state index contributed by atoms with van der Waals surface area (Å²) in [6.45, 7) is 0. The first-order valence-electron chi connectivity index (χ1n) is 2.94. The summed E-state index contributed by atoms with van der Waals surface area (Å²) < 4.78 is 29.7. The maximum Gasteiger partial charge on any atom is 0.286 e. The van der Waals surface area contributed by atoms with Crippen LogP contribution in [0, 0.1) is 0 Å². The Kier molecular flexibility index (Phi) is 2.07. The molecule has 10 heavy (non-hydrogen) atoms. The Morgan fingerprint density at radius 2 is 2.30 bits per heavy atom. The quantitative estimate of drug-likeness (QED) is 0.447. The molecule has 1 aliphatic rings. The van der Waals surface area contributed by atoms with Crippen molar-refractivity contribution in [2.45, 2.75) is 6.04 Å². The molecule has 56 valence electrons. The molecule has 0 amide bonds. The number of hydrogen-bond donors (Lipinski definition) is 1. The number of rotatable bonds is 1. The van der Waals surface area contributed by atoms with E-state index in [1.54, 1.807) is 6.08 Å². The fourth-order valence-corrected chi connectivity index (χ4v) is 3.38. The predicted molar refractivity (Wildman–Crippen MR) is 42.1 cm³/mol. The lowest BCUT2D eigenvalue weighted by atomic mass is 10.5. The van der Waals surface area contributed by atoms with Gasteiger partial charge in [0.15, 0.2) is 0 Å². The standard InChI is InChI=1S/C5H8O3SSi/c6-9(7,8)5-3-1-2-4-10-5/h1-3H,4,10H2,(H,6,7,8). The molecule has 3 nitrogen and oxygen atoms in total. The summed E-state index contributed by atoms with van der Waals surface area (Å²) in [6, 6.07) is 0.825. The monoisotopic (exact) mass is 176 g/mol. The molecule has 0 saturated carbocycles. The van der Waals surface area contributed by atoms with E-state index in [1.165, 1.54) is 6.08 Å². The molecule has 1 heterocycles. The smallest absolute Gasteiger partial charge is 0.282 e. The van der Waals surface area contributed by atoms with Crippen LogP contribution < -0.4 is 0 Å². The second kappa shape index (κ2) is 2.69. The summed E-state index contributed by atoms with van der Waals surface area (Å²) in [5, 5.41) is 0. The van der Waals surface area contributed by atoms with Crippen LogP contribution in [0.25, 0.3) is 0 Å². The minimum absolute atomic E-state index is 0.245. The van der Waals surface area contributed by atoms with Crippen LogP contribution >= 0.6 is 0 Å². The molecule has 0 bridgehead atoms. The first-order valence-corrected chi connectivity index (χ1v) is 6.08. The van der Waals surface area contributed by atoms with Crippen LogP contribution in [0.15, 0.2) is 22.8 Å². The van der Waals surface area contributed by atoms with Gasteiger partial charge in [-0.1, -0.05) is 18.2 Å². The first kappa shape index (κ1) is 7.71. The lowest BCUT2D eigenvalue weighted by Gasteiger charge is -2.02. The average molecular weight is 176 g/mol. The largest absolute Gasteiger partial charge is 0.286 e. The molecule has 0 unspecified atom stereocenters. The Morgan fingerprint density at radius 1 is 1.60 bits per heavy atom. The molecule has 0 aliphatic carbocycles. The van der Waals surface area contributed by atoms with Gasteiger partial charge in [0.25, 0.3) is 10.1 Å². The van der Waals surface area contributed by atoms with E-state index in [1.807, 2.05) is 6.08 Å². The second-order valence-electron chi connectivity index (χ2n) is 2.07. The SMILES string of the molecule is O=S(=O)(O)C1=CC=CC[SiH2]1. The van der Waals surface area contributed by atoms with Gasteiger partial charge in [-0.25, -0.2) is 0 Å². The highest BCUT2D eigenvalue weighted by molar-refractivity contribution is 7.91. The summed E-state index contributed by atoms with van der Waals surface area (Å²) in [6.07, 6.45) is 5.06. The maximum absolute atomic E-state index is 10.5. The predicted octanol–water partition coefficient (Wildman–Crippen LogP) is -0.127. The fourth-order valence-electron chi connectivity index (χ4n) is 0.795. The van der Waals surface area contributed by atoms with E-state index < -0.39 is 19.6 Å². The van der Waals surface area contributed by atoms with Crippen molar-refractivity contribution in [3.8, 4) is 0 Å². The summed E-state index contributed by atoms with van der Waals surface area (Å²) in [5.41, 5.74) is 0. The Labute approximate surface area is 62.0 Å². The average Bonchev–Trinajstić information content (AvgIpc) is 1.88. The maximum atomic E-state index is 10.5. The van der Waals surface area contributed by atoms with Crippen LogP contribution in [-0.2, 0) is 10.1 Å². The Bertz CT molecular complexity index is 275. The van der Waals surface area contributed by atoms with Crippen molar-refractivity contribution in [2.75, 3.05) is 0 Å². The third-order valence-electron chi connectivity index (χ3n) is 1.31. The number of allylic oxidation sites excluding steroid dienone is 3.